The maximum Gasteiger partial charge on any atom is 0.229 e. The Hall–Kier alpha value is -4.26. The van der Waals surface area contributed by atoms with E-state index in [4.69, 9.17) is 4.74 Å². The molecule has 1 saturated heterocycles. The predicted octanol–water partition coefficient (Wildman–Crippen LogP) is 3.42. The molecule has 3 aromatic rings. The zero-order valence-electron chi connectivity index (χ0n) is 19.6. The first kappa shape index (κ1) is 23.5. The van der Waals surface area contributed by atoms with Crippen LogP contribution in [0, 0.1) is 17.2 Å². The topological polar surface area (TPSA) is 124 Å². The van der Waals surface area contributed by atoms with E-state index in [0.29, 0.717) is 24.5 Å². The molecule has 0 radical (unpaired) electrons. The first-order valence-corrected chi connectivity index (χ1v) is 11.8. The van der Waals surface area contributed by atoms with Crippen LogP contribution in [0.1, 0.15) is 36.9 Å². The van der Waals surface area contributed by atoms with Gasteiger partial charge in [-0.3, -0.25) is 9.59 Å². The molecule has 2 fully saturated rings. The van der Waals surface area contributed by atoms with E-state index in [0.717, 1.165) is 23.2 Å². The SMILES string of the molecule is CC(=O)N1CCC(Oc2ccc(-c3ccnc(NC(=O)C4CC4c4c[nH]cn4)c3)cc2C#N)C(F)C1. The Kier molecular flexibility index (Phi) is 6.38. The number of benzene rings is 1. The Bertz CT molecular complexity index is 1320. The van der Waals surface area contributed by atoms with Gasteiger partial charge in [0.05, 0.1) is 24.1 Å². The van der Waals surface area contributed by atoms with Gasteiger partial charge in [-0.05, 0) is 41.8 Å². The number of alkyl halides is 1. The second-order valence-corrected chi connectivity index (χ2v) is 9.11. The molecule has 1 aliphatic carbocycles. The highest BCUT2D eigenvalue weighted by atomic mass is 19.1. The van der Waals surface area contributed by atoms with Crippen molar-refractivity contribution in [1.82, 2.24) is 19.9 Å². The van der Waals surface area contributed by atoms with Crippen LogP contribution in [-0.4, -0.2) is 57.0 Å². The van der Waals surface area contributed by atoms with Crippen LogP contribution in [-0.2, 0) is 9.59 Å². The Balaban J connectivity index is 1.26. The molecule has 3 heterocycles. The van der Waals surface area contributed by atoms with Gasteiger partial charge in [0, 0.05) is 44.1 Å². The first-order chi connectivity index (χ1) is 17.4. The number of nitrogens with zero attached hydrogens (tertiary/aromatic N) is 4. The maximum atomic E-state index is 14.6. The van der Waals surface area contributed by atoms with E-state index in [1.165, 1.54) is 11.8 Å². The number of H-pyrrole nitrogens is 1. The van der Waals surface area contributed by atoms with Crippen molar-refractivity contribution in [3.8, 4) is 22.9 Å². The standard InChI is InChI=1S/C26H25FN6O3/c1-15(34)33-7-5-24(21(27)13-33)36-23-3-2-16(8-18(23)11-28)17-4-6-30-25(9-17)32-26(35)20-10-19(20)22-12-29-14-31-22/h2-4,6,8-9,12,14,19-21,24H,5,7,10,13H2,1H3,(H,29,31)(H,30,32,35). The number of piperidine rings is 1. The number of nitrogens with one attached hydrogen (secondary N) is 2. The van der Waals surface area contributed by atoms with Crippen molar-refractivity contribution >= 4 is 17.6 Å². The minimum Gasteiger partial charge on any atom is -0.486 e. The molecule has 5 rings (SSSR count). The van der Waals surface area contributed by atoms with Crippen LogP contribution < -0.4 is 10.1 Å². The predicted molar refractivity (Wildman–Crippen MR) is 129 cm³/mol. The summed E-state index contributed by atoms with van der Waals surface area (Å²) >= 11 is 0. The number of ether oxygens (including phenoxy) is 1. The maximum absolute atomic E-state index is 14.6. The number of nitriles is 1. The molecule has 4 atom stereocenters. The van der Waals surface area contributed by atoms with Gasteiger partial charge in [0.2, 0.25) is 11.8 Å². The Morgan fingerprint density at radius 2 is 2.08 bits per heavy atom. The second kappa shape index (κ2) is 9.77. The summed E-state index contributed by atoms with van der Waals surface area (Å²) in [6.45, 7) is 1.81. The fourth-order valence-corrected chi connectivity index (χ4v) is 4.55. The van der Waals surface area contributed by atoms with Crippen LogP contribution in [0.25, 0.3) is 11.1 Å². The number of carbonyl (C=O) groups is 2. The smallest absolute Gasteiger partial charge is 0.229 e. The van der Waals surface area contributed by atoms with E-state index in [-0.39, 0.29) is 35.8 Å². The number of amides is 2. The summed E-state index contributed by atoms with van der Waals surface area (Å²) in [4.78, 5) is 37.0. The van der Waals surface area contributed by atoms with Gasteiger partial charge in [0.1, 0.15) is 23.7 Å². The number of hydrogen-bond acceptors (Lipinski definition) is 6. The molecule has 0 spiro atoms. The quantitative estimate of drug-likeness (QED) is 0.548. The molecule has 184 valence electrons. The van der Waals surface area contributed by atoms with Crippen molar-refractivity contribution in [2.24, 2.45) is 5.92 Å². The zero-order chi connectivity index (χ0) is 25.2. The third kappa shape index (κ3) is 4.91. The lowest BCUT2D eigenvalue weighted by Crippen LogP contribution is -2.48. The summed E-state index contributed by atoms with van der Waals surface area (Å²) in [5, 5.41) is 12.6. The lowest BCUT2D eigenvalue weighted by molar-refractivity contribution is -0.132. The minimum absolute atomic E-state index is 0.0191. The van der Waals surface area contributed by atoms with Gasteiger partial charge in [-0.25, -0.2) is 14.4 Å². The Labute approximate surface area is 207 Å². The average Bonchev–Trinajstić information content (AvgIpc) is 3.50. The van der Waals surface area contributed by atoms with Gasteiger partial charge in [-0.15, -0.1) is 0 Å². The molecule has 4 unspecified atom stereocenters. The number of rotatable bonds is 6. The monoisotopic (exact) mass is 488 g/mol. The molecule has 1 saturated carbocycles. The van der Waals surface area contributed by atoms with Gasteiger partial charge in [-0.2, -0.15) is 5.26 Å². The molecule has 2 N–H and O–H groups in total. The van der Waals surface area contributed by atoms with Crippen molar-refractivity contribution in [1.29, 1.82) is 5.26 Å². The van der Waals surface area contributed by atoms with Crippen molar-refractivity contribution in [2.45, 2.75) is 38.0 Å². The number of aromatic amines is 1. The first-order valence-electron chi connectivity index (χ1n) is 11.8. The van der Waals surface area contributed by atoms with Crippen LogP contribution >= 0.6 is 0 Å². The lowest BCUT2D eigenvalue weighted by Gasteiger charge is -2.34. The number of hydrogen-bond donors (Lipinski definition) is 2. The average molecular weight is 489 g/mol. The molecule has 2 aromatic heterocycles. The summed E-state index contributed by atoms with van der Waals surface area (Å²) in [5.41, 5.74) is 2.66. The summed E-state index contributed by atoms with van der Waals surface area (Å²) in [6, 6.07) is 10.7. The molecular formula is C26H25FN6O3. The van der Waals surface area contributed by atoms with E-state index in [9.17, 15) is 19.2 Å². The van der Waals surface area contributed by atoms with Crippen LogP contribution in [0.4, 0.5) is 10.2 Å². The largest absolute Gasteiger partial charge is 0.486 e. The van der Waals surface area contributed by atoms with Crippen LogP contribution in [0.3, 0.4) is 0 Å². The van der Waals surface area contributed by atoms with Crippen molar-refractivity contribution in [3.63, 3.8) is 0 Å². The van der Waals surface area contributed by atoms with Crippen LogP contribution in [0.15, 0.2) is 49.1 Å². The molecular weight excluding hydrogens is 463 g/mol. The molecule has 10 heteroatoms. The molecule has 2 amide bonds. The fourth-order valence-electron chi connectivity index (χ4n) is 4.55. The molecule has 1 aromatic carbocycles. The highest BCUT2D eigenvalue weighted by Gasteiger charge is 2.45. The van der Waals surface area contributed by atoms with Gasteiger partial charge < -0.3 is 19.9 Å². The van der Waals surface area contributed by atoms with E-state index >= 15 is 0 Å². The molecule has 1 aliphatic heterocycles. The number of likely N-dealkylation sites (tertiary alicyclic amines) is 1. The fraction of sp³-hybridized carbons (Fsp3) is 0.346. The number of imidazole rings is 1. The normalized spacial score (nSPS) is 23.0. The zero-order valence-corrected chi connectivity index (χ0v) is 19.6. The number of carbonyl (C=O) groups excluding carboxylic acids is 2. The molecule has 36 heavy (non-hydrogen) atoms. The van der Waals surface area contributed by atoms with Gasteiger partial charge in [-0.1, -0.05) is 6.07 Å². The molecule has 2 aliphatic rings. The number of halogens is 1. The van der Waals surface area contributed by atoms with Crippen molar-refractivity contribution in [3.05, 3.63) is 60.3 Å². The summed E-state index contributed by atoms with van der Waals surface area (Å²) in [6.07, 6.45) is 4.04. The van der Waals surface area contributed by atoms with Gasteiger partial charge in [0.15, 0.2) is 6.17 Å². The Morgan fingerprint density at radius 3 is 2.81 bits per heavy atom. The number of pyridine rings is 1. The third-order valence-corrected chi connectivity index (χ3v) is 6.68. The molecule has 0 bridgehead atoms. The summed E-state index contributed by atoms with van der Waals surface area (Å²) in [5.74, 6) is 0.421. The second-order valence-electron chi connectivity index (χ2n) is 9.11. The van der Waals surface area contributed by atoms with Gasteiger partial charge in [0.25, 0.3) is 0 Å². The van der Waals surface area contributed by atoms with E-state index in [1.807, 2.05) is 0 Å². The van der Waals surface area contributed by atoms with Crippen LogP contribution in [0.2, 0.25) is 0 Å². The van der Waals surface area contributed by atoms with E-state index < -0.39 is 12.3 Å². The Morgan fingerprint density at radius 1 is 1.25 bits per heavy atom. The van der Waals surface area contributed by atoms with Crippen molar-refractivity contribution < 1.29 is 18.7 Å². The minimum atomic E-state index is -1.33. The summed E-state index contributed by atoms with van der Waals surface area (Å²) < 4.78 is 20.4. The highest BCUT2D eigenvalue weighted by Crippen LogP contribution is 2.47. The van der Waals surface area contributed by atoms with Crippen LogP contribution in [0.5, 0.6) is 5.75 Å². The third-order valence-electron chi connectivity index (χ3n) is 6.68. The van der Waals surface area contributed by atoms with E-state index in [2.05, 4.69) is 26.3 Å². The number of aromatic nitrogens is 3. The lowest BCUT2D eigenvalue weighted by atomic mass is 10.0. The van der Waals surface area contributed by atoms with Crippen molar-refractivity contribution in [2.75, 3.05) is 18.4 Å². The molecule has 9 nitrogen and oxygen atoms in total. The van der Waals surface area contributed by atoms with Gasteiger partial charge >= 0.3 is 0 Å². The summed E-state index contributed by atoms with van der Waals surface area (Å²) in [7, 11) is 0. The van der Waals surface area contributed by atoms with E-state index in [1.54, 1.807) is 49.1 Å². The highest BCUT2D eigenvalue weighted by molar-refractivity contribution is 5.94. The number of anilines is 1.